The van der Waals surface area contributed by atoms with Gasteiger partial charge in [-0.05, 0) is 73.4 Å². The van der Waals surface area contributed by atoms with Gasteiger partial charge in [0.1, 0.15) is 11.5 Å². The monoisotopic (exact) mass is 505 g/mol. The van der Waals surface area contributed by atoms with Crippen molar-refractivity contribution in [2.75, 3.05) is 12.0 Å². The number of benzene rings is 3. The zero-order valence-electron chi connectivity index (χ0n) is 18.8. The molecule has 1 heterocycles. The van der Waals surface area contributed by atoms with Gasteiger partial charge >= 0.3 is 0 Å². The first-order chi connectivity index (χ1) is 15.7. The van der Waals surface area contributed by atoms with E-state index >= 15 is 0 Å². The third-order valence-electron chi connectivity index (χ3n) is 5.91. The summed E-state index contributed by atoms with van der Waals surface area (Å²) in [5.74, 6) is -1.00. The Hall–Kier alpha value is -3.38. The van der Waals surface area contributed by atoms with Crippen LogP contribution < -0.4 is 9.64 Å². The molecule has 4 rings (SSSR count). The van der Waals surface area contributed by atoms with Crippen LogP contribution >= 0.6 is 15.9 Å². The number of ketones is 1. The zero-order valence-corrected chi connectivity index (χ0v) is 20.4. The summed E-state index contributed by atoms with van der Waals surface area (Å²) >= 11 is 3.46. The Bertz CT molecular complexity index is 1310. The van der Waals surface area contributed by atoms with Gasteiger partial charge in [-0.15, -0.1) is 0 Å². The van der Waals surface area contributed by atoms with E-state index in [2.05, 4.69) is 15.9 Å². The van der Waals surface area contributed by atoms with Crippen LogP contribution in [0.4, 0.5) is 5.69 Å². The van der Waals surface area contributed by atoms with Crippen molar-refractivity contribution >= 4 is 39.1 Å². The number of aliphatic hydroxyl groups is 1. The van der Waals surface area contributed by atoms with Gasteiger partial charge in [0, 0.05) is 15.7 Å². The minimum atomic E-state index is -0.801. The van der Waals surface area contributed by atoms with Gasteiger partial charge < -0.3 is 9.84 Å². The average molecular weight is 506 g/mol. The predicted molar refractivity (Wildman–Crippen MR) is 133 cm³/mol. The normalized spacial score (nSPS) is 17.5. The van der Waals surface area contributed by atoms with Crippen LogP contribution in [0, 0.1) is 20.8 Å². The number of aryl methyl sites for hydroxylation is 3. The minimum Gasteiger partial charge on any atom is -0.507 e. The molecule has 0 spiro atoms. The van der Waals surface area contributed by atoms with E-state index in [4.69, 9.17) is 4.74 Å². The van der Waals surface area contributed by atoms with Crippen molar-refractivity contribution in [2.45, 2.75) is 26.8 Å². The van der Waals surface area contributed by atoms with Crippen molar-refractivity contribution in [1.29, 1.82) is 0 Å². The van der Waals surface area contributed by atoms with Gasteiger partial charge in [-0.2, -0.15) is 0 Å². The number of amides is 1. The highest BCUT2D eigenvalue weighted by molar-refractivity contribution is 9.10. The van der Waals surface area contributed by atoms with Crippen LogP contribution in [0.1, 0.15) is 33.9 Å². The Kier molecular flexibility index (Phi) is 6.13. The molecule has 0 aromatic heterocycles. The topological polar surface area (TPSA) is 66.8 Å². The van der Waals surface area contributed by atoms with Crippen molar-refractivity contribution in [3.63, 3.8) is 0 Å². The highest BCUT2D eigenvalue weighted by Crippen LogP contribution is 2.44. The number of anilines is 1. The van der Waals surface area contributed by atoms with E-state index in [1.807, 2.05) is 51.1 Å². The molecule has 1 aliphatic rings. The lowest BCUT2D eigenvalue weighted by atomic mass is 9.94. The lowest BCUT2D eigenvalue weighted by Gasteiger charge is -2.27. The second-order valence-electron chi connectivity index (χ2n) is 8.20. The Morgan fingerprint density at radius 3 is 2.42 bits per heavy atom. The van der Waals surface area contributed by atoms with Crippen LogP contribution in [-0.2, 0) is 9.59 Å². The fourth-order valence-corrected chi connectivity index (χ4v) is 4.38. The molecule has 0 saturated carbocycles. The molecule has 168 valence electrons. The lowest BCUT2D eigenvalue weighted by Crippen LogP contribution is -2.30. The number of ether oxygens (including phenoxy) is 1. The molecule has 1 fully saturated rings. The molecular formula is C27H24BrNO4. The van der Waals surface area contributed by atoms with Crippen molar-refractivity contribution in [3.05, 3.63) is 98.5 Å². The largest absolute Gasteiger partial charge is 0.507 e. The summed E-state index contributed by atoms with van der Waals surface area (Å²) in [7, 11) is 1.56. The van der Waals surface area contributed by atoms with Crippen molar-refractivity contribution < 1.29 is 19.4 Å². The van der Waals surface area contributed by atoms with Crippen LogP contribution in [0.2, 0.25) is 0 Å². The summed E-state index contributed by atoms with van der Waals surface area (Å²) in [6.07, 6.45) is 0. The molecule has 0 bridgehead atoms. The quantitative estimate of drug-likeness (QED) is 0.268. The summed E-state index contributed by atoms with van der Waals surface area (Å²) in [4.78, 5) is 28.2. The molecule has 3 aromatic rings. The van der Waals surface area contributed by atoms with Gasteiger partial charge in [0.05, 0.1) is 18.7 Å². The van der Waals surface area contributed by atoms with Crippen LogP contribution in [0.3, 0.4) is 0 Å². The van der Waals surface area contributed by atoms with Crippen LogP contribution in [-0.4, -0.2) is 23.9 Å². The summed E-state index contributed by atoms with van der Waals surface area (Å²) in [6, 6.07) is 17.5. The van der Waals surface area contributed by atoms with E-state index in [0.717, 1.165) is 21.2 Å². The molecule has 3 aromatic carbocycles. The molecule has 33 heavy (non-hydrogen) atoms. The number of nitrogens with zero attached hydrogens (tertiary/aromatic N) is 1. The number of Topliss-reactive ketones (excluding diaryl/α,β-unsaturated/α-hetero) is 1. The van der Waals surface area contributed by atoms with E-state index in [1.165, 1.54) is 4.90 Å². The van der Waals surface area contributed by atoms with Crippen molar-refractivity contribution in [3.8, 4) is 5.75 Å². The first-order valence-electron chi connectivity index (χ1n) is 10.5. The molecule has 1 aliphatic heterocycles. The average Bonchev–Trinajstić information content (AvgIpc) is 3.07. The molecule has 1 atom stereocenters. The van der Waals surface area contributed by atoms with Gasteiger partial charge in [0.25, 0.3) is 11.7 Å². The van der Waals surface area contributed by atoms with Crippen LogP contribution in [0.5, 0.6) is 5.75 Å². The third-order valence-corrected chi connectivity index (χ3v) is 6.80. The van der Waals surface area contributed by atoms with Crippen LogP contribution in [0.25, 0.3) is 5.76 Å². The lowest BCUT2D eigenvalue weighted by molar-refractivity contribution is -0.132. The number of halogens is 1. The maximum Gasteiger partial charge on any atom is 0.300 e. The van der Waals surface area contributed by atoms with Gasteiger partial charge in [-0.25, -0.2) is 0 Å². The first kappa shape index (κ1) is 22.8. The first-order valence-corrected chi connectivity index (χ1v) is 11.3. The molecule has 6 heteroatoms. The fraction of sp³-hybridized carbons (Fsp3) is 0.185. The molecule has 0 aliphatic carbocycles. The Morgan fingerprint density at radius 1 is 0.970 bits per heavy atom. The zero-order chi connectivity index (χ0) is 23.9. The summed E-state index contributed by atoms with van der Waals surface area (Å²) in [5, 5.41) is 11.3. The number of aliphatic hydroxyl groups excluding tert-OH is 1. The number of rotatable bonds is 4. The molecular weight excluding hydrogens is 482 g/mol. The maximum absolute atomic E-state index is 13.4. The predicted octanol–water partition coefficient (Wildman–Crippen LogP) is 6.01. The third kappa shape index (κ3) is 4.07. The standard InChI is InChI=1S/C27H24BrNO4/c1-15-8-9-16(2)22(12-15)29-24(18-6-5-7-20(14-18)33-4)23(26(31)27(29)32)25(30)19-10-11-21(28)17(3)13-19/h5-14,24,30H,1-4H3/b25-23-. The van der Waals surface area contributed by atoms with E-state index in [9.17, 15) is 14.7 Å². The molecule has 1 unspecified atom stereocenters. The second-order valence-corrected chi connectivity index (χ2v) is 9.05. The molecule has 1 N–H and O–H groups in total. The number of hydrogen-bond acceptors (Lipinski definition) is 4. The van der Waals surface area contributed by atoms with E-state index in [1.54, 1.807) is 37.4 Å². The number of carbonyl (C=O) groups is 2. The summed E-state index contributed by atoms with van der Waals surface area (Å²) < 4.78 is 6.28. The highest BCUT2D eigenvalue weighted by atomic mass is 79.9. The number of methoxy groups -OCH3 is 1. The van der Waals surface area contributed by atoms with E-state index in [0.29, 0.717) is 22.6 Å². The van der Waals surface area contributed by atoms with E-state index in [-0.39, 0.29) is 11.3 Å². The Balaban J connectivity index is 2.00. The maximum atomic E-state index is 13.4. The summed E-state index contributed by atoms with van der Waals surface area (Å²) in [6.45, 7) is 5.73. The van der Waals surface area contributed by atoms with Gasteiger partial charge in [0.15, 0.2) is 0 Å². The Morgan fingerprint density at radius 2 is 1.73 bits per heavy atom. The second kappa shape index (κ2) is 8.87. The SMILES string of the molecule is COc1cccc(C2/C(=C(/O)c3ccc(Br)c(C)c3)C(=O)C(=O)N2c2cc(C)ccc2C)c1. The fourth-order valence-electron chi connectivity index (χ4n) is 4.13. The smallest absolute Gasteiger partial charge is 0.300 e. The Labute approximate surface area is 201 Å². The van der Waals surface area contributed by atoms with Gasteiger partial charge in [-0.3, -0.25) is 14.5 Å². The van der Waals surface area contributed by atoms with Gasteiger partial charge in [-0.1, -0.05) is 46.3 Å². The number of carbonyl (C=O) groups excluding carboxylic acids is 2. The summed E-state index contributed by atoms with van der Waals surface area (Å²) in [5.41, 5.74) is 4.56. The molecule has 5 nitrogen and oxygen atoms in total. The molecule has 1 saturated heterocycles. The van der Waals surface area contributed by atoms with Gasteiger partial charge in [0.2, 0.25) is 0 Å². The van der Waals surface area contributed by atoms with Crippen molar-refractivity contribution in [2.24, 2.45) is 0 Å². The van der Waals surface area contributed by atoms with Crippen molar-refractivity contribution in [1.82, 2.24) is 0 Å². The minimum absolute atomic E-state index is 0.0517. The van der Waals surface area contributed by atoms with E-state index < -0.39 is 17.7 Å². The van der Waals surface area contributed by atoms with Crippen LogP contribution in [0.15, 0.2) is 70.7 Å². The molecule has 1 amide bonds. The molecule has 0 radical (unpaired) electrons. The number of hydrogen-bond donors (Lipinski definition) is 1. The highest BCUT2D eigenvalue weighted by Gasteiger charge is 2.47.